The lowest BCUT2D eigenvalue weighted by atomic mass is 9.91. The fourth-order valence-electron chi connectivity index (χ4n) is 7.49. The van der Waals surface area contributed by atoms with Crippen LogP contribution in [-0.2, 0) is 47.0 Å². The summed E-state index contributed by atoms with van der Waals surface area (Å²) in [5, 5.41) is 0. The predicted molar refractivity (Wildman–Crippen MR) is 184 cm³/mol. The number of para-hydroxylation sites is 1. The molecular weight excluding hydrogens is 695 g/mol. The Kier molecular flexibility index (Phi) is 10.7. The summed E-state index contributed by atoms with van der Waals surface area (Å²) in [5.41, 5.74) is 4.84. The first-order valence-electron chi connectivity index (χ1n) is 17.6. The van der Waals surface area contributed by atoms with Crippen LogP contribution < -0.4 is 15.2 Å². The molecule has 3 heterocycles. The van der Waals surface area contributed by atoms with Gasteiger partial charge in [-0.3, -0.25) is 24.1 Å². The maximum absolute atomic E-state index is 14.4. The highest BCUT2D eigenvalue weighted by molar-refractivity contribution is 7.90. The lowest BCUT2D eigenvalue weighted by Gasteiger charge is -2.27. The van der Waals surface area contributed by atoms with Crippen LogP contribution >= 0.6 is 0 Å². The Bertz CT molecular complexity index is 1900. The van der Waals surface area contributed by atoms with Gasteiger partial charge >= 0.3 is 6.09 Å². The van der Waals surface area contributed by atoms with E-state index in [0.717, 1.165) is 25.7 Å². The number of sulfonamides is 1. The van der Waals surface area contributed by atoms with Crippen molar-refractivity contribution in [1.82, 2.24) is 14.5 Å². The number of fused-ring (bicyclic) bond motifs is 3. The summed E-state index contributed by atoms with van der Waals surface area (Å²) in [6.45, 7) is 1.39. The van der Waals surface area contributed by atoms with Crippen LogP contribution in [-0.4, -0.2) is 73.1 Å². The molecule has 15 heteroatoms. The largest absolute Gasteiger partial charge is 0.482 e. The van der Waals surface area contributed by atoms with E-state index in [4.69, 9.17) is 15.2 Å². The molecule has 2 aromatic carbocycles. The maximum Gasteiger partial charge on any atom is 0.410 e. The number of nitrogens with zero attached hydrogens (tertiary/aromatic N) is 2. The van der Waals surface area contributed by atoms with Crippen molar-refractivity contribution in [2.24, 2.45) is 23.0 Å². The zero-order chi connectivity index (χ0) is 37.2. The van der Waals surface area contributed by atoms with Gasteiger partial charge in [-0.1, -0.05) is 56.2 Å². The van der Waals surface area contributed by atoms with Gasteiger partial charge < -0.3 is 20.1 Å². The predicted octanol–water partition coefficient (Wildman–Crippen LogP) is 3.74. The van der Waals surface area contributed by atoms with Gasteiger partial charge in [-0.2, -0.15) is 0 Å². The third kappa shape index (κ3) is 7.83. The number of carbonyl (C=O) groups excluding carboxylic acids is 5. The first-order valence-corrected chi connectivity index (χ1v) is 19.1. The Balaban J connectivity index is 1.22. The van der Waals surface area contributed by atoms with Gasteiger partial charge in [0.15, 0.2) is 12.4 Å². The van der Waals surface area contributed by atoms with E-state index in [9.17, 15) is 36.8 Å². The van der Waals surface area contributed by atoms with Gasteiger partial charge in [0.25, 0.3) is 15.9 Å². The van der Waals surface area contributed by atoms with Crippen LogP contribution in [0, 0.1) is 23.1 Å². The molecule has 2 aromatic rings. The number of nitrogens with two attached hydrogens (primary N) is 1. The number of allylic oxidation sites excluding steroid dienone is 2. The van der Waals surface area contributed by atoms with E-state index in [1.165, 1.54) is 40.1 Å². The van der Waals surface area contributed by atoms with E-state index in [-0.39, 0.29) is 55.4 Å². The molecule has 278 valence electrons. The highest BCUT2D eigenvalue weighted by Gasteiger charge is 2.61. The summed E-state index contributed by atoms with van der Waals surface area (Å²) >= 11 is 0. The van der Waals surface area contributed by atoms with Crippen LogP contribution in [0.15, 0.2) is 59.5 Å². The van der Waals surface area contributed by atoms with Crippen molar-refractivity contribution >= 4 is 39.6 Å². The monoisotopic (exact) mass is 738 g/mol. The molecule has 3 aliphatic heterocycles. The van der Waals surface area contributed by atoms with Crippen LogP contribution in [0.25, 0.3) is 0 Å². The summed E-state index contributed by atoms with van der Waals surface area (Å²) in [5.74, 6) is -3.84. The van der Waals surface area contributed by atoms with Crippen molar-refractivity contribution in [3.63, 3.8) is 0 Å². The number of amides is 4. The molecule has 5 atom stereocenters. The standard InChI is InChI=1S/C37H43FN4O9S/c1-23-10-5-3-2-4-6-12-25-17-37(25,35(46)40-52(48,49)32-15-8-7-14-31(32)50-22-33(39)44)18-30(43)29-16-26(20-42(29)34(23)45)51-36(47)41-19-24-11-9-13-28(38)27(24)21-41/h6-9,11-15,23,25-26,29H,2-5,10,16-22H2,1H3,(H2,39,44)(H,40,46)/b12-6-/t23-,25-,26+,29-,37+/m0/s1. The first-order chi connectivity index (χ1) is 24.8. The number of Topliss-reactive ketones (excluding diaryl/α,β-unsaturated/α-hetero) is 1. The minimum absolute atomic E-state index is 0.000730. The summed E-state index contributed by atoms with van der Waals surface area (Å²) in [6.07, 6.45) is 5.99. The van der Waals surface area contributed by atoms with Gasteiger partial charge in [0.05, 0.1) is 24.5 Å². The number of hydrogen-bond acceptors (Lipinski definition) is 9. The number of ether oxygens (including phenoxy) is 2. The Labute approximate surface area is 301 Å². The van der Waals surface area contributed by atoms with Gasteiger partial charge in [-0.05, 0) is 55.4 Å². The average molecular weight is 739 g/mol. The molecule has 1 aliphatic carbocycles. The molecule has 1 saturated carbocycles. The smallest absolute Gasteiger partial charge is 0.410 e. The van der Waals surface area contributed by atoms with Crippen molar-refractivity contribution < 1.29 is 46.3 Å². The van der Waals surface area contributed by atoms with E-state index >= 15 is 0 Å². The molecule has 52 heavy (non-hydrogen) atoms. The molecule has 0 bridgehead atoms. The van der Waals surface area contributed by atoms with Crippen LogP contribution in [0.4, 0.5) is 9.18 Å². The van der Waals surface area contributed by atoms with E-state index in [1.54, 1.807) is 19.1 Å². The molecule has 0 spiro atoms. The van der Waals surface area contributed by atoms with Crippen LogP contribution in [0.2, 0.25) is 0 Å². The Morgan fingerprint density at radius 1 is 1.06 bits per heavy atom. The molecule has 0 aromatic heterocycles. The molecule has 13 nitrogen and oxygen atoms in total. The number of halogens is 1. The first kappa shape index (κ1) is 37.0. The second kappa shape index (κ2) is 15.1. The fourth-order valence-corrected chi connectivity index (χ4v) is 8.70. The Morgan fingerprint density at radius 2 is 1.85 bits per heavy atom. The van der Waals surface area contributed by atoms with Crippen molar-refractivity contribution in [3.05, 3.63) is 71.6 Å². The molecule has 4 amide bonds. The molecule has 1 saturated heterocycles. The van der Waals surface area contributed by atoms with Crippen molar-refractivity contribution in [1.29, 1.82) is 0 Å². The van der Waals surface area contributed by atoms with Gasteiger partial charge in [-0.25, -0.2) is 22.3 Å². The molecule has 0 unspecified atom stereocenters. The van der Waals surface area contributed by atoms with E-state index in [2.05, 4.69) is 4.72 Å². The number of ketones is 1. The SMILES string of the molecule is C[C@H]1CCCCC/C=C\[C@H]2C[C@@]2(C(=O)NS(=O)(=O)c2ccccc2OCC(N)=O)CC(=O)[C@@H]2C[C@@H](OC(=O)N3Cc4cccc(F)c4C3)CN2C1=O. The molecule has 4 aliphatic rings. The molecule has 0 radical (unpaired) electrons. The topological polar surface area (TPSA) is 182 Å². The number of rotatable bonds is 7. The number of benzene rings is 2. The van der Waals surface area contributed by atoms with Crippen LogP contribution in [0.5, 0.6) is 5.75 Å². The summed E-state index contributed by atoms with van der Waals surface area (Å²) in [6, 6.07) is 9.11. The van der Waals surface area contributed by atoms with Crippen LogP contribution in [0.3, 0.4) is 0 Å². The van der Waals surface area contributed by atoms with Crippen molar-refractivity contribution in [3.8, 4) is 5.75 Å². The summed E-state index contributed by atoms with van der Waals surface area (Å²) < 4.78 is 54.7. The third-order valence-corrected chi connectivity index (χ3v) is 11.8. The van der Waals surface area contributed by atoms with Gasteiger partial charge in [0.1, 0.15) is 22.6 Å². The van der Waals surface area contributed by atoms with Gasteiger partial charge in [0, 0.05) is 30.9 Å². The minimum Gasteiger partial charge on any atom is -0.482 e. The lowest BCUT2D eigenvalue weighted by Crippen LogP contribution is -2.45. The second-order valence-electron chi connectivity index (χ2n) is 14.2. The highest BCUT2D eigenvalue weighted by atomic mass is 32.2. The van der Waals surface area contributed by atoms with E-state index in [1.807, 2.05) is 12.2 Å². The fraction of sp³-hybridized carbons (Fsp3) is 0.486. The van der Waals surface area contributed by atoms with Gasteiger partial charge in [-0.15, -0.1) is 0 Å². The minimum atomic E-state index is -4.53. The van der Waals surface area contributed by atoms with Crippen LogP contribution in [0.1, 0.15) is 69.4 Å². The van der Waals surface area contributed by atoms with E-state index < -0.39 is 75.5 Å². The number of carbonyl (C=O) groups is 5. The zero-order valence-electron chi connectivity index (χ0n) is 28.9. The molecule has 3 N–H and O–H groups in total. The highest BCUT2D eigenvalue weighted by Crippen LogP contribution is 2.57. The lowest BCUT2D eigenvalue weighted by molar-refractivity contribution is -0.141. The second-order valence-corrected chi connectivity index (χ2v) is 15.8. The normalized spacial score (nSPS) is 27.0. The Morgan fingerprint density at radius 3 is 2.62 bits per heavy atom. The summed E-state index contributed by atoms with van der Waals surface area (Å²) in [7, 11) is -4.53. The quantitative estimate of drug-likeness (QED) is 0.400. The zero-order valence-corrected chi connectivity index (χ0v) is 29.7. The molecule has 6 rings (SSSR count). The number of primary amides is 1. The number of nitrogens with one attached hydrogen (secondary N) is 1. The van der Waals surface area contributed by atoms with E-state index in [0.29, 0.717) is 17.5 Å². The Hall–Kier alpha value is -4.79. The molecular formula is C37H43FN4O9S. The average Bonchev–Trinajstić information content (AvgIpc) is 3.40. The summed E-state index contributed by atoms with van der Waals surface area (Å²) in [4.78, 5) is 69.0. The van der Waals surface area contributed by atoms with Crippen molar-refractivity contribution in [2.45, 2.75) is 88.4 Å². The van der Waals surface area contributed by atoms with Gasteiger partial charge in [0.2, 0.25) is 11.8 Å². The number of hydrogen-bond donors (Lipinski definition) is 2. The molecule has 2 fully saturated rings. The third-order valence-electron chi connectivity index (χ3n) is 10.5. The maximum atomic E-state index is 14.4. The van der Waals surface area contributed by atoms with Crippen molar-refractivity contribution in [2.75, 3.05) is 13.2 Å².